The highest BCUT2D eigenvalue weighted by atomic mass is 15.2. The fraction of sp³-hybridized carbons (Fsp3) is 0.217. The van der Waals surface area contributed by atoms with Crippen LogP contribution < -0.4 is 0 Å². The average molecular weight is 339 g/mol. The molecule has 0 atom stereocenters. The monoisotopic (exact) mass is 339 g/mol. The van der Waals surface area contributed by atoms with Gasteiger partial charge in [-0.2, -0.15) is 5.10 Å². The molecule has 26 heavy (non-hydrogen) atoms. The van der Waals surface area contributed by atoms with Gasteiger partial charge < -0.3 is 0 Å². The molecule has 2 aromatic heterocycles. The average Bonchev–Trinajstić information content (AvgIpc) is 3.21. The lowest BCUT2D eigenvalue weighted by Crippen LogP contribution is -1.96. The molecule has 0 N–H and O–H groups in total. The molecule has 0 radical (unpaired) electrons. The third-order valence-corrected chi connectivity index (χ3v) is 5.38. The first-order chi connectivity index (χ1) is 12.8. The van der Waals surface area contributed by atoms with Crippen LogP contribution in [0.25, 0.3) is 22.8 Å². The molecule has 2 heterocycles. The van der Waals surface area contributed by atoms with Crippen LogP contribution in [0.15, 0.2) is 55.0 Å². The Balaban J connectivity index is 1.63. The topological polar surface area (TPSA) is 30.7 Å². The largest absolute Gasteiger partial charge is 0.275 e. The predicted molar refractivity (Wildman–Crippen MR) is 106 cm³/mol. The molecular formula is C23H21N3. The fourth-order valence-electron chi connectivity index (χ4n) is 4.10. The number of allylic oxidation sites excluding steroid dienone is 2. The van der Waals surface area contributed by atoms with Crippen LogP contribution in [-0.4, -0.2) is 14.8 Å². The van der Waals surface area contributed by atoms with Crippen LogP contribution in [0.5, 0.6) is 0 Å². The summed E-state index contributed by atoms with van der Waals surface area (Å²) in [5, 5.41) is 4.35. The van der Waals surface area contributed by atoms with Gasteiger partial charge in [-0.05, 0) is 53.2 Å². The second kappa shape index (κ2) is 6.10. The van der Waals surface area contributed by atoms with Crippen LogP contribution in [0.3, 0.4) is 0 Å². The van der Waals surface area contributed by atoms with Gasteiger partial charge in [-0.3, -0.25) is 9.67 Å². The Morgan fingerprint density at radius 1 is 1.12 bits per heavy atom. The van der Waals surface area contributed by atoms with Gasteiger partial charge >= 0.3 is 0 Å². The van der Waals surface area contributed by atoms with E-state index in [1.807, 2.05) is 24.1 Å². The van der Waals surface area contributed by atoms with Gasteiger partial charge in [0.05, 0.1) is 11.9 Å². The van der Waals surface area contributed by atoms with Crippen molar-refractivity contribution in [1.82, 2.24) is 14.8 Å². The summed E-state index contributed by atoms with van der Waals surface area (Å²) in [4.78, 5) is 4.64. The number of aryl methyl sites for hydroxylation is 2. The lowest BCUT2D eigenvalue weighted by molar-refractivity contribution is 0.768. The molecule has 0 saturated carbocycles. The summed E-state index contributed by atoms with van der Waals surface area (Å²) < 4.78 is 1.86. The molecule has 0 aliphatic heterocycles. The van der Waals surface area contributed by atoms with Gasteiger partial charge in [-0.25, -0.2) is 0 Å². The van der Waals surface area contributed by atoms with Crippen molar-refractivity contribution in [2.24, 2.45) is 7.05 Å². The number of rotatable bonds is 2. The zero-order valence-electron chi connectivity index (χ0n) is 14.9. The van der Waals surface area contributed by atoms with Crippen molar-refractivity contribution in [2.45, 2.75) is 25.7 Å². The third-order valence-electron chi connectivity index (χ3n) is 5.38. The van der Waals surface area contributed by atoms with Gasteiger partial charge in [0.15, 0.2) is 0 Å². The standard InChI is InChI=1S/C23H21N3/c1-26-15-19(14-25-26)21-11-12-24-22-10-9-20(23(21)22)18-8-7-16-5-3-2-4-6-17(16)13-18/h3,5,7-9,11-15H,2,4,6,10H2,1H3. The highest BCUT2D eigenvalue weighted by Crippen LogP contribution is 2.39. The van der Waals surface area contributed by atoms with Crippen LogP contribution in [0.2, 0.25) is 0 Å². The van der Waals surface area contributed by atoms with Crippen molar-refractivity contribution in [2.75, 3.05) is 0 Å². The summed E-state index contributed by atoms with van der Waals surface area (Å²) in [6, 6.07) is 9.02. The van der Waals surface area contributed by atoms with E-state index in [9.17, 15) is 0 Å². The van der Waals surface area contributed by atoms with Crippen molar-refractivity contribution in [3.63, 3.8) is 0 Å². The Labute approximate surface area is 153 Å². The van der Waals surface area contributed by atoms with Gasteiger partial charge in [-0.15, -0.1) is 0 Å². The Kier molecular flexibility index (Phi) is 3.59. The number of fused-ring (bicyclic) bond motifs is 2. The van der Waals surface area contributed by atoms with Crippen LogP contribution >= 0.6 is 0 Å². The van der Waals surface area contributed by atoms with Gasteiger partial charge in [0.2, 0.25) is 0 Å². The Morgan fingerprint density at radius 2 is 2.08 bits per heavy atom. The normalized spacial score (nSPS) is 15.3. The molecule has 3 aromatic rings. The van der Waals surface area contributed by atoms with Crippen LogP contribution in [-0.2, 0) is 19.9 Å². The summed E-state index contributed by atoms with van der Waals surface area (Å²) in [6.07, 6.45) is 17.3. The van der Waals surface area contributed by atoms with E-state index in [1.54, 1.807) is 0 Å². The second-order valence-electron chi connectivity index (χ2n) is 7.11. The second-order valence-corrected chi connectivity index (χ2v) is 7.11. The van der Waals surface area contributed by atoms with Gasteiger partial charge in [0.1, 0.15) is 0 Å². The van der Waals surface area contributed by atoms with E-state index in [4.69, 9.17) is 0 Å². The molecule has 0 saturated heterocycles. The fourth-order valence-corrected chi connectivity index (χ4v) is 4.10. The predicted octanol–water partition coefficient (Wildman–Crippen LogP) is 4.82. The van der Waals surface area contributed by atoms with Crippen LogP contribution in [0, 0.1) is 0 Å². The zero-order chi connectivity index (χ0) is 17.5. The zero-order valence-corrected chi connectivity index (χ0v) is 14.9. The summed E-state index contributed by atoms with van der Waals surface area (Å²) in [7, 11) is 1.96. The molecule has 0 spiro atoms. The molecule has 0 amide bonds. The number of aromatic nitrogens is 3. The van der Waals surface area contributed by atoms with Gasteiger partial charge in [0.25, 0.3) is 0 Å². The quantitative estimate of drug-likeness (QED) is 0.670. The Morgan fingerprint density at radius 3 is 2.96 bits per heavy atom. The minimum absolute atomic E-state index is 0.899. The smallest absolute Gasteiger partial charge is 0.0568 e. The number of hydrogen-bond acceptors (Lipinski definition) is 2. The molecule has 128 valence electrons. The summed E-state index contributed by atoms with van der Waals surface area (Å²) >= 11 is 0. The van der Waals surface area contributed by atoms with E-state index in [0.717, 1.165) is 24.1 Å². The molecule has 3 nitrogen and oxygen atoms in total. The van der Waals surface area contributed by atoms with Crippen molar-refractivity contribution in [1.29, 1.82) is 0 Å². The first-order valence-electron chi connectivity index (χ1n) is 9.27. The van der Waals surface area contributed by atoms with E-state index >= 15 is 0 Å². The van der Waals surface area contributed by atoms with Crippen molar-refractivity contribution in [3.05, 3.63) is 83.0 Å². The first-order valence-corrected chi connectivity index (χ1v) is 9.27. The lowest BCUT2D eigenvalue weighted by Gasteiger charge is -2.13. The maximum absolute atomic E-state index is 4.64. The Hall–Kier alpha value is -2.94. The number of nitrogens with zero attached hydrogens (tertiary/aromatic N) is 3. The van der Waals surface area contributed by atoms with E-state index in [2.05, 4.69) is 58.8 Å². The number of benzene rings is 1. The van der Waals surface area contributed by atoms with E-state index < -0.39 is 0 Å². The summed E-state index contributed by atoms with van der Waals surface area (Å²) in [6.45, 7) is 0. The number of pyridine rings is 1. The van der Waals surface area contributed by atoms with Crippen molar-refractivity contribution in [3.8, 4) is 11.1 Å². The molecule has 0 fully saturated rings. The molecule has 5 rings (SSSR count). The minimum Gasteiger partial charge on any atom is -0.275 e. The van der Waals surface area contributed by atoms with E-state index in [-0.39, 0.29) is 0 Å². The molecule has 1 aromatic carbocycles. The van der Waals surface area contributed by atoms with Crippen molar-refractivity contribution < 1.29 is 0 Å². The molecular weight excluding hydrogens is 318 g/mol. The molecule has 2 aliphatic carbocycles. The molecule has 3 heteroatoms. The van der Waals surface area contributed by atoms with Crippen LogP contribution in [0.1, 0.15) is 40.8 Å². The summed E-state index contributed by atoms with van der Waals surface area (Å²) in [5.41, 5.74) is 10.2. The maximum atomic E-state index is 4.64. The number of hydrogen-bond donors (Lipinski definition) is 0. The first kappa shape index (κ1) is 15.3. The van der Waals surface area contributed by atoms with Crippen molar-refractivity contribution >= 4 is 11.6 Å². The Bertz CT molecular complexity index is 1050. The van der Waals surface area contributed by atoms with Gasteiger partial charge in [-0.1, -0.05) is 36.4 Å². The lowest BCUT2D eigenvalue weighted by atomic mass is 9.91. The van der Waals surface area contributed by atoms with E-state index in [0.29, 0.717) is 0 Å². The highest BCUT2D eigenvalue weighted by molar-refractivity contribution is 5.92. The van der Waals surface area contributed by atoms with Crippen LogP contribution in [0.4, 0.5) is 0 Å². The summed E-state index contributed by atoms with van der Waals surface area (Å²) in [5.74, 6) is 0. The van der Waals surface area contributed by atoms with E-state index in [1.165, 1.54) is 46.2 Å². The molecule has 0 bridgehead atoms. The maximum Gasteiger partial charge on any atom is 0.0568 e. The SMILES string of the molecule is Cn1cc(-c2ccnc3c2C(c2ccc4c(c2)CCCC=C4)=CC3)cn1. The highest BCUT2D eigenvalue weighted by Gasteiger charge is 2.22. The third kappa shape index (κ3) is 2.51. The molecule has 0 unspecified atom stereocenters. The minimum atomic E-state index is 0.899. The van der Waals surface area contributed by atoms with Gasteiger partial charge in [0, 0.05) is 37.0 Å². The molecule has 2 aliphatic rings.